The highest BCUT2D eigenvalue weighted by Gasteiger charge is 2.30. The number of nitrogens with one attached hydrogen (secondary N) is 1. The zero-order valence-corrected chi connectivity index (χ0v) is 8.89. The number of hydrogen-bond acceptors (Lipinski definition) is 5. The molecule has 1 aromatic rings. The van der Waals surface area contributed by atoms with Gasteiger partial charge in [-0.2, -0.15) is 0 Å². The lowest BCUT2D eigenvalue weighted by molar-refractivity contribution is -0.143. The van der Waals surface area contributed by atoms with Crippen molar-refractivity contribution >= 4 is 17.7 Å². The second kappa shape index (κ2) is 4.13. The molecule has 16 heavy (non-hydrogen) atoms. The molecule has 0 atom stereocenters. The van der Waals surface area contributed by atoms with Crippen LogP contribution in [-0.2, 0) is 4.79 Å². The molecule has 0 spiro atoms. The molecule has 4 N–H and O–H groups in total. The summed E-state index contributed by atoms with van der Waals surface area (Å²) in [5.41, 5.74) is 3.96. The first kappa shape index (κ1) is 11.9. The van der Waals surface area contributed by atoms with Crippen molar-refractivity contribution in [3.05, 3.63) is 18.1 Å². The van der Waals surface area contributed by atoms with Gasteiger partial charge in [0, 0.05) is 12.4 Å². The number of carbonyl (C=O) groups is 2. The zero-order valence-electron chi connectivity index (χ0n) is 8.89. The first-order chi connectivity index (χ1) is 7.34. The molecular weight excluding hydrogens is 212 g/mol. The number of nitrogen functional groups attached to an aromatic ring is 1. The van der Waals surface area contributed by atoms with Crippen LogP contribution in [0.1, 0.15) is 24.3 Å². The highest BCUT2D eigenvalue weighted by Crippen LogP contribution is 2.07. The SMILES string of the molecule is CC(C)(NC(=O)c1nccnc1N)C(=O)O. The summed E-state index contributed by atoms with van der Waals surface area (Å²) >= 11 is 0. The Hall–Kier alpha value is -2.18. The Balaban J connectivity index is 2.89. The summed E-state index contributed by atoms with van der Waals surface area (Å²) in [4.78, 5) is 29.8. The molecule has 1 aromatic heterocycles. The van der Waals surface area contributed by atoms with Crippen molar-refractivity contribution in [3.63, 3.8) is 0 Å². The van der Waals surface area contributed by atoms with Gasteiger partial charge in [-0.25, -0.2) is 14.8 Å². The van der Waals surface area contributed by atoms with E-state index in [0.29, 0.717) is 0 Å². The molecule has 0 bridgehead atoms. The molecule has 7 nitrogen and oxygen atoms in total. The predicted molar refractivity (Wildman–Crippen MR) is 55.6 cm³/mol. The number of anilines is 1. The number of aliphatic carboxylic acids is 1. The first-order valence-electron chi connectivity index (χ1n) is 4.47. The van der Waals surface area contributed by atoms with Gasteiger partial charge in [-0.1, -0.05) is 0 Å². The molecule has 0 unspecified atom stereocenters. The Labute approximate surface area is 91.7 Å². The van der Waals surface area contributed by atoms with Crippen molar-refractivity contribution in [2.24, 2.45) is 0 Å². The van der Waals surface area contributed by atoms with Gasteiger partial charge in [-0.3, -0.25) is 4.79 Å². The van der Waals surface area contributed by atoms with Gasteiger partial charge in [0.05, 0.1) is 0 Å². The van der Waals surface area contributed by atoms with Crippen LogP contribution in [0.15, 0.2) is 12.4 Å². The third-order valence-corrected chi connectivity index (χ3v) is 1.90. The Morgan fingerprint density at radius 2 is 1.94 bits per heavy atom. The fourth-order valence-electron chi connectivity index (χ4n) is 0.920. The Kier molecular flexibility index (Phi) is 3.07. The van der Waals surface area contributed by atoms with Crippen LogP contribution in [0.3, 0.4) is 0 Å². The number of amides is 1. The molecular formula is C9H12N4O3. The van der Waals surface area contributed by atoms with E-state index in [1.54, 1.807) is 0 Å². The summed E-state index contributed by atoms with van der Waals surface area (Å²) in [7, 11) is 0. The van der Waals surface area contributed by atoms with Gasteiger partial charge in [-0.15, -0.1) is 0 Å². The lowest BCUT2D eigenvalue weighted by Gasteiger charge is -2.20. The number of aromatic nitrogens is 2. The van der Waals surface area contributed by atoms with Crippen LogP contribution in [0.25, 0.3) is 0 Å². The van der Waals surface area contributed by atoms with E-state index in [4.69, 9.17) is 10.8 Å². The number of nitrogens with two attached hydrogens (primary N) is 1. The monoisotopic (exact) mass is 224 g/mol. The van der Waals surface area contributed by atoms with E-state index in [2.05, 4.69) is 15.3 Å². The summed E-state index contributed by atoms with van der Waals surface area (Å²) in [6.45, 7) is 2.72. The third-order valence-electron chi connectivity index (χ3n) is 1.90. The molecule has 7 heteroatoms. The van der Waals surface area contributed by atoms with Crippen molar-refractivity contribution in [2.75, 3.05) is 5.73 Å². The van der Waals surface area contributed by atoms with Crippen LogP contribution >= 0.6 is 0 Å². The van der Waals surface area contributed by atoms with E-state index >= 15 is 0 Å². The van der Waals surface area contributed by atoms with E-state index in [9.17, 15) is 9.59 Å². The lowest BCUT2D eigenvalue weighted by atomic mass is 10.1. The second-order valence-electron chi connectivity index (χ2n) is 3.67. The second-order valence-corrected chi connectivity index (χ2v) is 3.67. The van der Waals surface area contributed by atoms with Crippen LogP contribution in [0.4, 0.5) is 5.82 Å². The number of hydrogen-bond donors (Lipinski definition) is 3. The van der Waals surface area contributed by atoms with E-state index in [-0.39, 0.29) is 11.5 Å². The van der Waals surface area contributed by atoms with Crippen LogP contribution in [-0.4, -0.2) is 32.5 Å². The van der Waals surface area contributed by atoms with Gasteiger partial charge in [0.2, 0.25) is 0 Å². The molecule has 0 aliphatic heterocycles. The summed E-state index contributed by atoms with van der Waals surface area (Å²) < 4.78 is 0. The fourth-order valence-corrected chi connectivity index (χ4v) is 0.920. The Morgan fingerprint density at radius 1 is 1.38 bits per heavy atom. The van der Waals surface area contributed by atoms with Gasteiger partial charge < -0.3 is 16.2 Å². The first-order valence-corrected chi connectivity index (χ1v) is 4.47. The standard InChI is InChI=1S/C9H12N4O3/c1-9(2,8(15)16)13-7(14)5-6(10)12-4-3-11-5/h3-4H,1-2H3,(H2,10,12)(H,13,14)(H,15,16). The fraction of sp³-hybridized carbons (Fsp3) is 0.333. The molecule has 1 amide bonds. The van der Waals surface area contributed by atoms with Crippen molar-refractivity contribution in [1.29, 1.82) is 0 Å². The highest BCUT2D eigenvalue weighted by molar-refractivity contribution is 5.99. The summed E-state index contributed by atoms with van der Waals surface area (Å²) in [6.07, 6.45) is 2.65. The summed E-state index contributed by atoms with van der Waals surface area (Å²) in [6, 6.07) is 0. The smallest absolute Gasteiger partial charge is 0.328 e. The molecule has 0 saturated heterocycles. The molecule has 0 fully saturated rings. The average Bonchev–Trinajstić information content (AvgIpc) is 2.17. The Bertz CT molecular complexity index is 431. The maximum atomic E-state index is 11.6. The van der Waals surface area contributed by atoms with Crippen LogP contribution < -0.4 is 11.1 Å². The lowest BCUT2D eigenvalue weighted by Crippen LogP contribution is -2.50. The topological polar surface area (TPSA) is 118 Å². The summed E-state index contributed by atoms with van der Waals surface area (Å²) in [5.74, 6) is -1.86. The van der Waals surface area contributed by atoms with E-state index in [1.165, 1.54) is 26.2 Å². The molecule has 0 aliphatic rings. The van der Waals surface area contributed by atoms with E-state index in [0.717, 1.165) is 0 Å². The van der Waals surface area contributed by atoms with Gasteiger partial charge in [0.15, 0.2) is 11.5 Å². The number of carboxylic acid groups (broad SMARTS) is 1. The molecule has 0 radical (unpaired) electrons. The molecule has 0 saturated carbocycles. The van der Waals surface area contributed by atoms with Crippen molar-refractivity contribution in [3.8, 4) is 0 Å². The summed E-state index contributed by atoms with van der Waals surface area (Å²) in [5, 5.41) is 11.1. The number of nitrogens with zero attached hydrogens (tertiary/aromatic N) is 2. The third kappa shape index (κ3) is 2.44. The average molecular weight is 224 g/mol. The molecule has 0 aliphatic carbocycles. The van der Waals surface area contributed by atoms with Gasteiger partial charge in [0.1, 0.15) is 5.54 Å². The van der Waals surface area contributed by atoms with Crippen molar-refractivity contribution < 1.29 is 14.7 Å². The Morgan fingerprint density at radius 3 is 2.44 bits per heavy atom. The maximum Gasteiger partial charge on any atom is 0.328 e. The van der Waals surface area contributed by atoms with E-state index in [1.807, 2.05) is 0 Å². The van der Waals surface area contributed by atoms with Crippen molar-refractivity contribution in [1.82, 2.24) is 15.3 Å². The molecule has 86 valence electrons. The molecule has 0 aromatic carbocycles. The maximum absolute atomic E-state index is 11.6. The van der Waals surface area contributed by atoms with Crippen LogP contribution in [0.2, 0.25) is 0 Å². The van der Waals surface area contributed by atoms with Crippen LogP contribution in [0, 0.1) is 0 Å². The minimum absolute atomic E-state index is 0.0406. The van der Waals surface area contributed by atoms with Crippen LogP contribution in [0.5, 0.6) is 0 Å². The predicted octanol–water partition coefficient (Wildman–Crippen LogP) is -0.348. The number of carbonyl (C=O) groups excluding carboxylic acids is 1. The normalized spacial score (nSPS) is 10.9. The highest BCUT2D eigenvalue weighted by atomic mass is 16.4. The van der Waals surface area contributed by atoms with Crippen molar-refractivity contribution in [2.45, 2.75) is 19.4 Å². The number of carboxylic acids is 1. The van der Waals surface area contributed by atoms with Gasteiger partial charge in [-0.05, 0) is 13.8 Å². The zero-order chi connectivity index (χ0) is 12.3. The van der Waals surface area contributed by atoms with Gasteiger partial charge >= 0.3 is 5.97 Å². The van der Waals surface area contributed by atoms with E-state index < -0.39 is 17.4 Å². The number of rotatable bonds is 3. The minimum Gasteiger partial charge on any atom is -0.480 e. The largest absolute Gasteiger partial charge is 0.480 e. The quantitative estimate of drug-likeness (QED) is 0.645. The minimum atomic E-state index is -1.39. The van der Waals surface area contributed by atoms with Gasteiger partial charge in [0.25, 0.3) is 5.91 Å². The molecule has 1 rings (SSSR count). The molecule has 1 heterocycles.